The van der Waals surface area contributed by atoms with E-state index in [4.69, 9.17) is 16.7 Å². The number of aromatic carboxylic acids is 1. The zero-order valence-corrected chi connectivity index (χ0v) is 10.1. The zero-order chi connectivity index (χ0) is 12.3. The van der Waals surface area contributed by atoms with Gasteiger partial charge in [-0.25, -0.2) is 4.79 Å². The summed E-state index contributed by atoms with van der Waals surface area (Å²) in [5, 5.41) is 9.08. The molecule has 0 heterocycles. The van der Waals surface area contributed by atoms with Crippen LogP contribution in [0.1, 0.15) is 17.3 Å². The van der Waals surface area contributed by atoms with E-state index < -0.39 is 5.97 Å². The van der Waals surface area contributed by atoms with Gasteiger partial charge in [0.05, 0.1) is 10.6 Å². The Morgan fingerprint density at radius 2 is 2.19 bits per heavy atom. The Morgan fingerprint density at radius 1 is 1.56 bits per heavy atom. The fraction of sp³-hybridized carbons (Fsp3) is 0.250. The SMILES string of the molecule is C=C(C)CN(C)c1ccc(C(=O)O)c(Cl)c1. The van der Waals surface area contributed by atoms with Gasteiger partial charge >= 0.3 is 5.97 Å². The molecule has 0 aromatic heterocycles. The van der Waals surface area contributed by atoms with Crippen molar-refractivity contribution in [3.05, 3.63) is 40.9 Å². The summed E-state index contributed by atoms with van der Waals surface area (Å²) in [6.45, 7) is 6.47. The van der Waals surface area contributed by atoms with E-state index in [1.165, 1.54) is 6.07 Å². The zero-order valence-electron chi connectivity index (χ0n) is 9.33. The van der Waals surface area contributed by atoms with E-state index in [2.05, 4.69) is 6.58 Å². The molecule has 16 heavy (non-hydrogen) atoms. The van der Waals surface area contributed by atoms with E-state index in [1.54, 1.807) is 12.1 Å². The van der Waals surface area contributed by atoms with Crippen LogP contribution in [-0.4, -0.2) is 24.7 Å². The lowest BCUT2D eigenvalue weighted by molar-refractivity contribution is 0.0697. The van der Waals surface area contributed by atoms with Gasteiger partial charge in [-0.15, -0.1) is 0 Å². The van der Waals surface area contributed by atoms with Gasteiger partial charge < -0.3 is 10.0 Å². The molecule has 0 atom stereocenters. The maximum absolute atomic E-state index is 10.8. The van der Waals surface area contributed by atoms with Crippen molar-refractivity contribution in [2.45, 2.75) is 6.92 Å². The van der Waals surface area contributed by atoms with Gasteiger partial charge in [-0.3, -0.25) is 0 Å². The number of anilines is 1. The number of nitrogens with zero attached hydrogens (tertiary/aromatic N) is 1. The Bertz CT molecular complexity index is 429. The van der Waals surface area contributed by atoms with Crippen LogP contribution >= 0.6 is 11.6 Å². The minimum atomic E-state index is -1.01. The molecule has 0 spiro atoms. The minimum absolute atomic E-state index is 0.120. The second-order valence-corrected chi connectivity index (χ2v) is 4.19. The number of hydrogen-bond acceptors (Lipinski definition) is 2. The molecule has 3 nitrogen and oxygen atoms in total. The summed E-state index contributed by atoms with van der Waals surface area (Å²) in [5.74, 6) is -1.01. The number of carboxylic acids is 1. The van der Waals surface area contributed by atoms with Gasteiger partial charge in [0.2, 0.25) is 0 Å². The standard InChI is InChI=1S/C12H14ClNO2/c1-8(2)7-14(3)9-4-5-10(12(15)16)11(13)6-9/h4-6H,1,7H2,2-3H3,(H,15,16). The van der Waals surface area contributed by atoms with E-state index in [1.807, 2.05) is 18.9 Å². The smallest absolute Gasteiger partial charge is 0.337 e. The van der Waals surface area contributed by atoms with Gasteiger partial charge in [-0.2, -0.15) is 0 Å². The Hall–Kier alpha value is -1.48. The van der Waals surface area contributed by atoms with Gasteiger partial charge in [0.1, 0.15) is 0 Å². The number of carboxylic acid groups (broad SMARTS) is 1. The second-order valence-electron chi connectivity index (χ2n) is 3.78. The predicted molar refractivity (Wildman–Crippen MR) is 66.5 cm³/mol. The van der Waals surface area contributed by atoms with Gasteiger partial charge in [-0.1, -0.05) is 23.8 Å². The third-order valence-electron chi connectivity index (χ3n) is 2.13. The van der Waals surface area contributed by atoms with Crippen LogP contribution in [0.2, 0.25) is 5.02 Å². The van der Waals surface area contributed by atoms with Gasteiger partial charge in [0, 0.05) is 19.3 Å². The Morgan fingerprint density at radius 3 is 2.62 bits per heavy atom. The van der Waals surface area contributed by atoms with Crippen molar-refractivity contribution in [3.63, 3.8) is 0 Å². The van der Waals surface area contributed by atoms with Crippen molar-refractivity contribution in [3.8, 4) is 0 Å². The van der Waals surface area contributed by atoms with Crippen LogP contribution in [0.4, 0.5) is 5.69 Å². The maximum atomic E-state index is 10.8. The third kappa shape index (κ3) is 3.00. The summed E-state index contributed by atoms with van der Waals surface area (Å²) in [5.41, 5.74) is 2.02. The summed E-state index contributed by atoms with van der Waals surface area (Å²) in [4.78, 5) is 12.7. The molecule has 0 unspecified atom stereocenters. The maximum Gasteiger partial charge on any atom is 0.337 e. The fourth-order valence-electron chi connectivity index (χ4n) is 1.41. The molecule has 0 fully saturated rings. The predicted octanol–water partition coefficient (Wildman–Crippen LogP) is 3.05. The fourth-order valence-corrected chi connectivity index (χ4v) is 1.67. The summed E-state index contributed by atoms with van der Waals surface area (Å²) in [6.07, 6.45) is 0. The first-order valence-corrected chi connectivity index (χ1v) is 5.18. The summed E-state index contributed by atoms with van der Waals surface area (Å²) in [7, 11) is 1.90. The van der Waals surface area contributed by atoms with Crippen LogP contribution in [0.5, 0.6) is 0 Å². The van der Waals surface area contributed by atoms with Crippen molar-refractivity contribution in [2.75, 3.05) is 18.5 Å². The normalized spacial score (nSPS) is 9.94. The lowest BCUT2D eigenvalue weighted by Gasteiger charge is -2.19. The van der Waals surface area contributed by atoms with E-state index in [9.17, 15) is 4.79 Å². The van der Waals surface area contributed by atoms with E-state index in [0.29, 0.717) is 6.54 Å². The first kappa shape index (κ1) is 12.6. The number of benzene rings is 1. The average Bonchev–Trinajstić information content (AvgIpc) is 2.15. The summed E-state index contributed by atoms with van der Waals surface area (Å²) in [6, 6.07) is 4.89. The summed E-state index contributed by atoms with van der Waals surface area (Å²) >= 11 is 5.88. The molecule has 0 bridgehead atoms. The molecule has 1 N–H and O–H groups in total. The largest absolute Gasteiger partial charge is 0.478 e. The topological polar surface area (TPSA) is 40.5 Å². The van der Waals surface area contributed by atoms with Crippen molar-refractivity contribution >= 4 is 23.3 Å². The molecule has 4 heteroatoms. The van der Waals surface area contributed by atoms with Crippen LogP contribution in [0.25, 0.3) is 0 Å². The highest BCUT2D eigenvalue weighted by Crippen LogP contribution is 2.23. The number of carbonyl (C=O) groups is 1. The molecule has 0 aliphatic heterocycles. The molecule has 0 aliphatic carbocycles. The number of likely N-dealkylation sites (N-methyl/N-ethyl adjacent to an activating group) is 1. The lowest BCUT2D eigenvalue weighted by Crippen LogP contribution is -2.19. The molecular formula is C12H14ClNO2. The Labute approximate surface area is 100.0 Å². The molecule has 0 saturated heterocycles. The van der Waals surface area contributed by atoms with Crippen molar-refractivity contribution in [1.29, 1.82) is 0 Å². The van der Waals surface area contributed by atoms with Crippen LogP contribution in [0, 0.1) is 0 Å². The molecule has 0 aliphatic rings. The van der Waals surface area contributed by atoms with Gasteiger partial charge in [-0.05, 0) is 25.1 Å². The molecule has 0 amide bonds. The van der Waals surface area contributed by atoms with Crippen LogP contribution in [0.15, 0.2) is 30.4 Å². The molecule has 1 aromatic carbocycles. The van der Waals surface area contributed by atoms with Crippen LogP contribution in [-0.2, 0) is 0 Å². The average molecular weight is 240 g/mol. The third-order valence-corrected chi connectivity index (χ3v) is 2.44. The van der Waals surface area contributed by atoms with Crippen molar-refractivity contribution in [2.24, 2.45) is 0 Å². The highest BCUT2D eigenvalue weighted by Gasteiger charge is 2.10. The van der Waals surface area contributed by atoms with E-state index in [0.717, 1.165) is 11.3 Å². The molecule has 0 saturated carbocycles. The van der Waals surface area contributed by atoms with Crippen molar-refractivity contribution in [1.82, 2.24) is 0 Å². The van der Waals surface area contributed by atoms with Gasteiger partial charge in [0.15, 0.2) is 0 Å². The molecule has 1 rings (SSSR count). The number of rotatable bonds is 4. The first-order chi connectivity index (χ1) is 7.41. The van der Waals surface area contributed by atoms with E-state index >= 15 is 0 Å². The molecule has 86 valence electrons. The van der Waals surface area contributed by atoms with Crippen molar-refractivity contribution < 1.29 is 9.90 Å². The molecular weight excluding hydrogens is 226 g/mol. The minimum Gasteiger partial charge on any atom is -0.478 e. The van der Waals surface area contributed by atoms with Crippen LogP contribution in [0.3, 0.4) is 0 Å². The van der Waals surface area contributed by atoms with Crippen LogP contribution < -0.4 is 4.90 Å². The molecule has 1 aromatic rings. The summed E-state index contributed by atoms with van der Waals surface area (Å²) < 4.78 is 0. The monoisotopic (exact) mass is 239 g/mol. The quantitative estimate of drug-likeness (QED) is 0.821. The Kier molecular flexibility index (Phi) is 3.96. The lowest BCUT2D eigenvalue weighted by atomic mass is 10.2. The number of hydrogen-bond donors (Lipinski definition) is 1. The number of halogens is 1. The van der Waals surface area contributed by atoms with E-state index in [-0.39, 0.29) is 10.6 Å². The highest BCUT2D eigenvalue weighted by molar-refractivity contribution is 6.33. The van der Waals surface area contributed by atoms with Gasteiger partial charge in [0.25, 0.3) is 0 Å². The molecule has 0 radical (unpaired) electrons. The first-order valence-electron chi connectivity index (χ1n) is 4.80. The highest BCUT2D eigenvalue weighted by atomic mass is 35.5. The Balaban J connectivity index is 2.96. The second kappa shape index (κ2) is 5.03.